The smallest absolute Gasteiger partial charge is 0.410 e. The third-order valence-electron chi connectivity index (χ3n) is 2.86. The second-order valence-corrected chi connectivity index (χ2v) is 5.92. The minimum atomic E-state index is -0.528. The van der Waals surface area contributed by atoms with Crippen LogP contribution in [0.3, 0.4) is 0 Å². The number of hydrogen-bond donors (Lipinski definition) is 0. The number of hydrogen-bond acceptors (Lipinski definition) is 3. The van der Waals surface area contributed by atoms with Crippen LogP contribution in [0.2, 0.25) is 0 Å². The van der Waals surface area contributed by atoms with Crippen LogP contribution in [0, 0.1) is 0 Å². The standard InChI is InChI=1S/C13H24N2O3/c1-13(2,3)18-12(17)15-9-7-6-8-10(15)11(16)14(4)5/h10H,6-9H2,1-5H3/t10-/m0/s1. The largest absolute Gasteiger partial charge is 0.444 e. The van der Waals surface area contributed by atoms with Crippen molar-refractivity contribution < 1.29 is 14.3 Å². The summed E-state index contributed by atoms with van der Waals surface area (Å²) in [6, 6.07) is -0.372. The van der Waals surface area contributed by atoms with E-state index in [0.717, 1.165) is 19.3 Å². The summed E-state index contributed by atoms with van der Waals surface area (Å²) in [5.74, 6) is -0.0273. The fraction of sp³-hybridized carbons (Fsp3) is 0.846. The van der Waals surface area contributed by atoms with Gasteiger partial charge in [0.25, 0.3) is 0 Å². The summed E-state index contributed by atoms with van der Waals surface area (Å²) in [6.45, 7) is 6.09. The summed E-state index contributed by atoms with van der Waals surface area (Å²) in [5.41, 5.74) is -0.528. The molecule has 0 spiro atoms. The molecule has 0 aromatic rings. The zero-order chi connectivity index (χ0) is 13.9. The summed E-state index contributed by atoms with van der Waals surface area (Å²) in [7, 11) is 3.43. The number of piperidine rings is 1. The van der Waals surface area contributed by atoms with Crippen LogP contribution >= 0.6 is 0 Å². The van der Waals surface area contributed by atoms with Gasteiger partial charge in [0.15, 0.2) is 0 Å². The van der Waals surface area contributed by atoms with Crippen molar-refractivity contribution in [1.29, 1.82) is 0 Å². The molecule has 18 heavy (non-hydrogen) atoms. The fourth-order valence-electron chi connectivity index (χ4n) is 2.03. The molecule has 1 rings (SSSR count). The predicted molar refractivity (Wildman–Crippen MR) is 69.3 cm³/mol. The summed E-state index contributed by atoms with van der Waals surface area (Å²) in [4.78, 5) is 27.2. The fourth-order valence-corrected chi connectivity index (χ4v) is 2.03. The van der Waals surface area contributed by atoms with Crippen LogP contribution in [-0.4, -0.2) is 54.1 Å². The Morgan fingerprint density at radius 1 is 1.22 bits per heavy atom. The van der Waals surface area contributed by atoms with E-state index in [0.29, 0.717) is 6.54 Å². The molecule has 1 fully saturated rings. The zero-order valence-electron chi connectivity index (χ0n) is 12.0. The van der Waals surface area contributed by atoms with Crippen molar-refractivity contribution in [2.75, 3.05) is 20.6 Å². The highest BCUT2D eigenvalue weighted by molar-refractivity contribution is 5.85. The average molecular weight is 256 g/mol. The first-order valence-corrected chi connectivity index (χ1v) is 6.43. The maximum atomic E-state index is 12.1. The molecule has 0 bridgehead atoms. The highest BCUT2D eigenvalue weighted by Crippen LogP contribution is 2.21. The molecule has 1 atom stereocenters. The first kappa shape index (κ1) is 14.8. The SMILES string of the molecule is CN(C)C(=O)[C@@H]1CCCCN1C(=O)OC(C)(C)C. The van der Waals surface area contributed by atoms with Crippen LogP contribution < -0.4 is 0 Å². The summed E-state index contributed by atoms with van der Waals surface area (Å²) < 4.78 is 5.35. The minimum absolute atomic E-state index is 0.0273. The topological polar surface area (TPSA) is 49.9 Å². The van der Waals surface area contributed by atoms with Gasteiger partial charge in [-0.15, -0.1) is 0 Å². The third-order valence-corrected chi connectivity index (χ3v) is 2.86. The molecule has 1 heterocycles. The van der Waals surface area contributed by atoms with Crippen molar-refractivity contribution >= 4 is 12.0 Å². The Balaban J connectivity index is 2.76. The van der Waals surface area contributed by atoms with Gasteiger partial charge in [-0.1, -0.05) is 0 Å². The molecule has 0 unspecified atom stereocenters. The van der Waals surface area contributed by atoms with E-state index >= 15 is 0 Å². The normalized spacial score (nSPS) is 20.5. The molecular formula is C13H24N2O3. The number of carbonyl (C=O) groups is 2. The van der Waals surface area contributed by atoms with Gasteiger partial charge in [-0.3, -0.25) is 9.69 Å². The number of ether oxygens (including phenoxy) is 1. The third kappa shape index (κ3) is 3.89. The van der Waals surface area contributed by atoms with Crippen molar-refractivity contribution in [2.24, 2.45) is 0 Å². The van der Waals surface area contributed by atoms with Gasteiger partial charge in [0, 0.05) is 20.6 Å². The van der Waals surface area contributed by atoms with Crippen molar-refractivity contribution in [3.05, 3.63) is 0 Å². The highest BCUT2D eigenvalue weighted by atomic mass is 16.6. The highest BCUT2D eigenvalue weighted by Gasteiger charge is 2.35. The van der Waals surface area contributed by atoms with E-state index in [-0.39, 0.29) is 18.0 Å². The number of nitrogens with zero attached hydrogens (tertiary/aromatic N) is 2. The van der Waals surface area contributed by atoms with Gasteiger partial charge in [-0.25, -0.2) is 4.79 Å². The average Bonchev–Trinajstić information content (AvgIpc) is 2.25. The van der Waals surface area contributed by atoms with E-state index in [1.54, 1.807) is 19.0 Å². The first-order valence-electron chi connectivity index (χ1n) is 6.43. The van der Waals surface area contributed by atoms with Crippen molar-refractivity contribution in [1.82, 2.24) is 9.80 Å². The molecule has 1 aliphatic rings. The monoisotopic (exact) mass is 256 g/mol. The zero-order valence-corrected chi connectivity index (χ0v) is 12.0. The maximum absolute atomic E-state index is 12.1. The lowest BCUT2D eigenvalue weighted by Gasteiger charge is -2.36. The summed E-state index contributed by atoms with van der Waals surface area (Å²) in [5, 5.41) is 0. The molecule has 0 saturated carbocycles. The molecule has 1 aliphatic heterocycles. The van der Waals surface area contributed by atoms with E-state index in [1.807, 2.05) is 20.8 Å². The Labute approximate surface area is 109 Å². The molecule has 5 heteroatoms. The molecule has 0 aromatic heterocycles. The van der Waals surface area contributed by atoms with Gasteiger partial charge in [-0.05, 0) is 40.0 Å². The lowest BCUT2D eigenvalue weighted by Crippen LogP contribution is -2.52. The maximum Gasteiger partial charge on any atom is 0.410 e. The Morgan fingerprint density at radius 2 is 1.83 bits per heavy atom. The van der Waals surface area contributed by atoms with Crippen LogP contribution in [-0.2, 0) is 9.53 Å². The van der Waals surface area contributed by atoms with E-state index in [4.69, 9.17) is 4.74 Å². The van der Waals surface area contributed by atoms with E-state index < -0.39 is 5.60 Å². The van der Waals surface area contributed by atoms with Crippen LogP contribution in [0.15, 0.2) is 0 Å². The Bertz CT molecular complexity index is 321. The van der Waals surface area contributed by atoms with Crippen molar-refractivity contribution in [3.63, 3.8) is 0 Å². The van der Waals surface area contributed by atoms with Crippen LogP contribution in [0.4, 0.5) is 4.79 Å². The number of likely N-dealkylation sites (N-methyl/N-ethyl adjacent to an activating group) is 1. The van der Waals surface area contributed by atoms with Gasteiger partial charge >= 0.3 is 6.09 Å². The number of likely N-dealkylation sites (tertiary alicyclic amines) is 1. The molecule has 5 nitrogen and oxygen atoms in total. The molecule has 0 radical (unpaired) electrons. The van der Waals surface area contributed by atoms with E-state index in [9.17, 15) is 9.59 Å². The number of rotatable bonds is 1. The van der Waals surface area contributed by atoms with Gasteiger partial charge in [-0.2, -0.15) is 0 Å². The van der Waals surface area contributed by atoms with Crippen LogP contribution in [0.5, 0.6) is 0 Å². The van der Waals surface area contributed by atoms with Gasteiger partial charge in [0.2, 0.25) is 5.91 Å². The molecule has 0 N–H and O–H groups in total. The Morgan fingerprint density at radius 3 is 2.33 bits per heavy atom. The first-order chi connectivity index (χ1) is 8.22. The van der Waals surface area contributed by atoms with Crippen molar-refractivity contribution in [3.8, 4) is 0 Å². The lowest BCUT2D eigenvalue weighted by atomic mass is 10.0. The summed E-state index contributed by atoms with van der Waals surface area (Å²) >= 11 is 0. The van der Waals surface area contributed by atoms with Gasteiger partial charge in [0.05, 0.1) is 0 Å². The summed E-state index contributed by atoms with van der Waals surface area (Å²) in [6.07, 6.45) is 2.23. The van der Waals surface area contributed by atoms with Crippen LogP contribution in [0.1, 0.15) is 40.0 Å². The molecule has 0 aromatic carbocycles. The lowest BCUT2D eigenvalue weighted by molar-refractivity contribution is -0.135. The molecular weight excluding hydrogens is 232 g/mol. The molecule has 1 saturated heterocycles. The van der Waals surface area contributed by atoms with Crippen LogP contribution in [0.25, 0.3) is 0 Å². The second-order valence-electron chi connectivity index (χ2n) is 5.92. The second kappa shape index (κ2) is 5.59. The van der Waals surface area contributed by atoms with Crippen molar-refractivity contribution in [2.45, 2.75) is 51.7 Å². The molecule has 104 valence electrons. The Kier molecular flexibility index (Phi) is 4.59. The number of amides is 2. The molecule has 2 amide bonds. The van der Waals surface area contributed by atoms with Gasteiger partial charge < -0.3 is 9.64 Å². The number of carbonyl (C=O) groups excluding carboxylic acids is 2. The van der Waals surface area contributed by atoms with E-state index in [2.05, 4.69) is 0 Å². The predicted octanol–water partition coefficient (Wildman–Crippen LogP) is 1.86. The molecule has 0 aliphatic carbocycles. The quantitative estimate of drug-likeness (QED) is 0.719. The van der Waals surface area contributed by atoms with E-state index in [1.165, 1.54) is 4.90 Å². The minimum Gasteiger partial charge on any atom is -0.444 e. The van der Waals surface area contributed by atoms with Gasteiger partial charge in [0.1, 0.15) is 11.6 Å². The Hall–Kier alpha value is -1.26.